The molecule has 0 aliphatic carbocycles. The fraction of sp³-hybridized carbons (Fsp3) is 0.421. The molecule has 1 fully saturated rings. The molecule has 0 atom stereocenters. The molecule has 1 N–H and O–H groups in total. The number of hydrogen-bond donors (Lipinski definition) is 1. The van der Waals surface area contributed by atoms with Gasteiger partial charge in [-0.15, -0.1) is 0 Å². The van der Waals surface area contributed by atoms with Crippen LogP contribution in [0, 0.1) is 0 Å². The third kappa shape index (κ3) is 4.07. The summed E-state index contributed by atoms with van der Waals surface area (Å²) in [7, 11) is -3.10. The molecular weight excluding hydrogens is 379 g/mol. The molecule has 1 aliphatic heterocycles. The lowest BCUT2D eigenvalue weighted by Gasteiger charge is -2.32. The molecular formula is C19H25BN2O5S. The third-order valence-electron chi connectivity index (χ3n) is 5.07. The highest BCUT2D eigenvalue weighted by Crippen LogP contribution is 2.36. The van der Waals surface area contributed by atoms with Crippen LogP contribution >= 0.6 is 0 Å². The van der Waals surface area contributed by atoms with Gasteiger partial charge in [-0.05, 0) is 45.9 Å². The van der Waals surface area contributed by atoms with E-state index in [1.165, 1.54) is 13.2 Å². The fourth-order valence-electron chi connectivity index (χ4n) is 2.79. The van der Waals surface area contributed by atoms with Crippen LogP contribution < -0.4 is 10.2 Å². The highest BCUT2D eigenvalue weighted by Gasteiger charge is 2.52. The number of methoxy groups -OCH3 is 1. The van der Waals surface area contributed by atoms with E-state index in [0.29, 0.717) is 16.8 Å². The molecule has 0 unspecified atom stereocenters. The van der Waals surface area contributed by atoms with Gasteiger partial charge >= 0.3 is 7.12 Å². The second kappa shape index (κ2) is 7.48. The number of benzene rings is 1. The lowest BCUT2D eigenvalue weighted by molar-refractivity contribution is 0.00578. The van der Waals surface area contributed by atoms with Crippen molar-refractivity contribution < 1.29 is 22.5 Å². The minimum atomic E-state index is -3.88. The quantitative estimate of drug-likeness (QED) is 0.744. The lowest BCUT2D eigenvalue weighted by atomic mass is 9.80. The van der Waals surface area contributed by atoms with E-state index in [4.69, 9.17) is 14.0 Å². The predicted octanol–water partition coefficient (Wildman–Crippen LogP) is 2.33. The van der Waals surface area contributed by atoms with E-state index in [2.05, 4.69) is 9.71 Å². The van der Waals surface area contributed by atoms with Crippen molar-refractivity contribution in [2.24, 2.45) is 0 Å². The fourth-order valence-corrected chi connectivity index (χ4v) is 4.06. The molecule has 0 spiro atoms. The van der Waals surface area contributed by atoms with Crippen molar-refractivity contribution in [2.45, 2.75) is 50.4 Å². The van der Waals surface area contributed by atoms with Crippen molar-refractivity contribution in [1.82, 2.24) is 4.98 Å². The summed E-state index contributed by atoms with van der Waals surface area (Å²) in [5.74, 6) is 0. The van der Waals surface area contributed by atoms with Gasteiger partial charge in [-0.1, -0.05) is 18.2 Å². The maximum Gasteiger partial charge on any atom is 0.496 e. The summed E-state index contributed by atoms with van der Waals surface area (Å²) < 4.78 is 45.8. The molecule has 1 aliphatic rings. The van der Waals surface area contributed by atoms with Crippen molar-refractivity contribution >= 4 is 28.3 Å². The normalized spacial score (nSPS) is 18.2. The van der Waals surface area contributed by atoms with E-state index >= 15 is 0 Å². The van der Waals surface area contributed by atoms with Gasteiger partial charge in [-0.25, -0.2) is 8.42 Å². The van der Waals surface area contributed by atoms with E-state index in [1.807, 2.05) is 33.8 Å². The van der Waals surface area contributed by atoms with Crippen molar-refractivity contribution in [1.29, 1.82) is 0 Å². The Balaban J connectivity index is 1.99. The van der Waals surface area contributed by atoms with Crippen LogP contribution in [0.1, 0.15) is 33.4 Å². The largest absolute Gasteiger partial charge is 0.496 e. The maximum absolute atomic E-state index is 13.0. The predicted molar refractivity (Wildman–Crippen MR) is 108 cm³/mol. The second-order valence-corrected chi connectivity index (χ2v) is 9.36. The van der Waals surface area contributed by atoms with E-state index in [-0.39, 0.29) is 11.5 Å². The number of ether oxygens (including phenoxy) is 1. The van der Waals surface area contributed by atoms with Crippen molar-refractivity contribution in [3.05, 3.63) is 48.3 Å². The summed E-state index contributed by atoms with van der Waals surface area (Å²) in [5, 5.41) is 0. The van der Waals surface area contributed by atoms with Crippen molar-refractivity contribution in [3.8, 4) is 0 Å². The summed E-state index contributed by atoms with van der Waals surface area (Å²) in [6.45, 7) is 7.82. The second-order valence-electron chi connectivity index (χ2n) is 7.71. The third-order valence-corrected chi connectivity index (χ3v) is 6.51. The van der Waals surface area contributed by atoms with Gasteiger partial charge < -0.3 is 14.0 Å². The molecule has 1 saturated heterocycles. The Morgan fingerprint density at radius 3 is 2.29 bits per heavy atom. The van der Waals surface area contributed by atoms with Gasteiger partial charge in [0, 0.05) is 24.5 Å². The van der Waals surface area contributed by atoms with Crippen LogP contribution in [0.5, 0.6) is 0 Å². The molecule has 1 aromatic heterocycles. The van der Waals surface area contributed by atoms with Gasteiger partial charge in [0.1, 0.15) is 4.90 Å². The zero-order valence-corrected chi connectivity index (χ0v) is 17.5. The van der Waals surface area contributed by atoms with Crippen LogP contribution in [0.2, 0.25) is 0 Å². The number of aromatic nitrogens is 1. The summed E-state index contributed by atoms with van der Waals surface area (Å²) in [6, 6.07) is 10.2. The van der Waals surface area contributed by atoms with Crippen molar-refractivity contribution in [3.63, 3.8) is 0 Å². The molecule has 0 bridgehead atoms. The minimum absolute atomic E-state index is 0.0328. The molecule has 2 heterocycles. The average Bonchev–Trinajstić information content (AvgIpc) is 2.83. The zero-order chi connectivity index (χ0) is 20.6. The molecule has 0 radical (unpaired) electrons. The Hall–Kier alpha value is -1.94. The smallest absolute Gasteiger partial charge is 0.399 e. The van der Waals surface area contributed by atoms with Gasteiger partial charge in [0.25, 0.3) is 10.0 Å². The first-order valence-corrected chi connectivity index (χ1v) is 10.5. The average molecular weight is 404 g/mol. The molecule has 9 heteroatoms. The summed E-state index contributed by atoms with van der Waals surface area (Å²) >= 11 is 0. The van der Waals surface area contributed by atoms with Gasteiger partial charge in [0.2, 0.25) is 0 Å². The molecule has 0 saturated carbocycles. The molecule has 0 amide bonds. The number of anilines is 1. The highest BCUT2D eigenvalue weighted by atomic mass is 32.2. The van der Waals surface area contributed by atoms with Gasteiger partial charge in [0.05, 0.1) is 23.5 Å². The van der Waals surface area contributed by atoms with Crippen LogP contribution in [0.3, 0.4) is 0 Å². The number of rotatable bonds is 6. The van der Waals surface area contributed by atoms with Crippen LogP contribution in [-0.4, -0.2) is 38.8 Å². The molecule has 28 heavy (non-hydrogen) atoms. The highest BCUT2D eigenvalue weighted by molar-refractivity contribution is 7.92. The van der Waals surface area contributed by atoms with Crippen LogP contribution in [-0.2, 0) is 30.7 Å². The monoisotopic (exact) mass is 404 g/mol. The maximum atomic E-state index is 13.0. The van der Waals surface area contributed by atoms with Gasteiger partial charge in [0.15, 0.2) is 0 Å². The summed E-state index contributed by atoms with van der Waals surface area (Å²) in [4.78, 5) is 4.35. The number of nitrogens with one attached hydrogen (secondary N) is 1. The first-order valence-electron chi connectivity index (χ1n) is 8.97. The minimum Gasteiger partial charge on any atom is -0.399 e. The van der Waals surface area contributed by atoms with E-state index in [9.17, 15) is 8.42 Å². The van der Waals surface area contributed by atoms with E-state index in [1.54, 1.807) is 30.5 Å². The Bertz CT molecular complexity index is 932. The molecule has 1 aromatic carbocycles. The molecule has 2 aromatic rings. The molecule has 150 valence electrons. The Labute approximate surface area is 166 Å². The molecule has 3 rings (SSSR count). The van der Waals surface area contributed by atoms with E-state index < -0.39 is 28.3 Å². The first kappa shape index (κ1) is 20.8. The van der Waals surface area contributed by atoms with Crippen LogP contribution in [0.4, 0.5) is 5.69 Å². The molecule has 7 nitrogen and oxygen atoms in total. The zero-order valence-electron chi connectivity index (χ0n) is 16.7. The Morgan fingerprint density at radius 2 is 1.71 bits per heavy atom. The first-order chi connectivity index (χ1) is 13.1. The SMILES string of the molecule is COCc1ncc(B2OC(C)(C)C(C)(C)O2)cc1S(=O)(=O)Nc1ccccc1. The van der Waals surface area contributed by atoms with Crippen molar-refractivity contribution in [2.75, 3.05) is 11.8 Å². The number of hydrogen-bond acceptors (Lipinski definition) is 6. The van der Waals surface area contributed by atoms with E-state index in [0.717, 1.165) is 0 Å². The summed E-state index contributed by atoms with van der Waals surface area (Å²) in [5.41, 5.74) is 0.235. The van der Waals surface area contributed by atoms with Gasteiger partial charge in [-0.3, -0.25) is 9.71 Å². The number of nitrogens with zero attached hydrogens (tertiary/aromatic N) is 1. The topological polar surface area (TPSA) is 86.8 Å². The number of pyridine rings is 1. The number of para-hydroxylation sites is 1. The standard InChI is InChI=1S/C19H25BN2O5S/c1-18(2)19(3,4)27-20(26-18)14-11-17(16(13-25-5)21-12-14)28(23,24)22-15-9-7-6-8-10-15/h6-12,22H,13H2,1-5H3. The van der Waals surface area contributed by atoms with Gasteiger partial charge in [-0.2, -0.15) is 0 Å². The number of sulfonamides is 1. The Morgan fingerprint density at radius 1 is 1.11 bits per heavy atom. The lowest BCUT2D eigenvalue weighted by Crippen LogP contribution is -2.41. The van der Waals surface area contributed by atoms with Crippen LogP contribution in [0.15, 0.2) is 47.5 Å². The van der Waals surface area contributed by atoms with Crippen LogP contribution in [0.25, 0.3) is 0 Å². The summed E-state index contributed by atoms with van der Waals surface area (Å²) in [6.07, 6.45) is 1.57. The Kier molecular flexibility index (Phi) is 5.55.